The number of carbonyl (C=O) groups is 1. The van der Waals surface area contributed by atoms with Gasteiger partial charge in [-0.05, 0) is 19.3 Å². The molecule has 0 radical (unpaired) electrons. The average Bonchev–Trinajstić information content (AvgIpc) is 2.87. The van der Waals surface area contributed by atoms with E-state index in [2.05, 4.69) is 31.1 Å². The standard InChI is InChI=1S/C16H29N3O2/c1-5-7-8-9-10-11-12-19-15(13(3)4)14(17-18-19)16(20)21-6-2/h13H,5-12H2,1-4H3. The lowest BCUT2D eigenvalue weighted by atomic mass is 10.1. The number of unbranched alkanes of at least 4 members (excludes halogenated alkanes) is 5. The predicted octanol–water partition coefficient (Wildman–Crippen LogP) is 3.94. The van der Waals surface area contributed by atoms with Crippen LogP contribution in [0.15, 0.2) is 0 Å². The SMILES string of the molecule is CCCCCCCCn1nnc(C(=O)OCC)c1C(C)C. The molecule has 0 fully saturated rings. The van der Waals surface area contributed by atoms with Crippen molar-refractivity contribution in [2.75, 3.05) is 6.61 Å². The van der Waals surface area contributed by atoms with Gasteiger partial charge in [-0.15, -0.1) is 5.10 Å². The molecule has 1 heterocycles. The Bertz CT molecular complexity index is 427. The smallest absolute Gasteiger partial charge is 0.360 e. The fourth-order valence-electron chi connectivity index (χ4n) is 2.44. The van der Waals surface area contributed by atoms with Crippen molar-refractivity contribution in [2.24, 2.45) is 0 Å². The predicted molar refractivity (Wildman–Crippen MR) is 83.4 cm³/mol. The molecular formula is C16H29N3O2. The van der Waals surface area contributed by atoms with Gasteiger partial charge in [0.1, 0.15) is 0 Å². The largest absolute Gasteiger partial charge is 0.461 e. The molecule has 5 heteroatoms. The first-order valence-corrected chi connectivity index (χ1v) is 8.22. The van der Waals surface area contributed by atoms with Crippen molar-refractivity contribution >= 4 is 5.97 Å². The first kappa shape index (κ1) is 17.7. The Balaban J connectivity index is 2.59. The second-order valence-corrected chi connectivity index (χ2v) is 5.69. The number of carbonyl (C=O) groups excluding carboxylic acids is 1. The maximum Gasteiger partial charge on any atom is 0.360 e. The summed E-state index contributed by atoms with van der Waals surface area (Å²) in [6, 6.07) is 0. The second-order valence-electron chi connectivity index (χ2n) is 5.69. The molecule has 0 unspecified atom stereocenters. The highest BCUT2D eigenvalue weighted by Gasteiger charge is 2.22. The number of esters is 1. The Morgan fingerprint density at radius 1 is 1.14 bits per heavy atom. The highest BCUT2D eigenvalue weighted by Crippen LogP contribution is 2.19. The summed E-state index contributed by atoms with van der Waals surface area (Å²) in [5, 5.41) is 8.16. The fourth-order valence-corrected chi connectivity index (χ4v) is 2.44. The van der Waals surface area contributed by atoms with E-state index in [1.165, 1.54) is 32.1 Å². The number of ether oxygens (including phenoxy) is 1. The van der Waals surface area contributed by atoms with Gasteiger partial charge in [-0.25, -0.2) is 9.48 Å². The van der Waals surface area contributed by atoms with Crippen LogP contribution in [0.25, 0.3) is 0 Å². The summed E-state index contributed by atoms with van der Waals surface area (Å²) in [6.07, 6.45) is 7.43. The van der Waals surface area contributed by atoms with E-state index in [1.807, 2.05) is 4.68 Å². The van der Waals surface area contributed by atoms with Crippen molar-refractivity contribution in [2.45, 2.75) is 78.7 Å². The zero-order chi connectivity index (χ0) is 15.7. The third kappa shape index (κ3) is 5.48. The molecule has 0 aliphatic rings. The molecule has 1 aromatic rings. The monoisotopic (exact) mass is 295 g/mol. The van der Waals surface area contributed by atoms with Gasteiger partial charge in [0.05, 0.1) is 12.3 Å². The van der Waals surface area contributed by atoms with Gasteiger partial charge >= 0.3 is 5.97 Å². The maximum absolute atomic E-state index is 11.9. The average molecular weight is 295 g/mol. The summed E-state index contributed by atoms with van der Waals surface area (Å²) in [7, 11) is 0. The van der Waals surface area contributed by atoms with Crippen molar-refractivity contribution in [3.63, 3.8) is 0 Å². The minimum Gasteiger partial charge on any atom is -0.461 e. The van der Waals surface area contributed by atoms with E-state index in [4.69, 9.17) is 4.74 Å². The Morgan fingerprint density at radius 3 is 2.43 bits per heavy atom. The summed E-state index contributed by atoms with van der Waals surface area (Å²) >= 11 is 0. The summed E-state index contributed by atoms with van der Waals surface area (Å²) in [6.45, 7) is 9.32. The molecular weight excluding hydrogens is 266 g/mol. The molecule has 0 N–H and O–H groups in total. The molecule has 0 bridgehead atoms. The molecule has 0 atom stereocenters. The van der Waals surface area contributed by atoms with Gasteiger partial charge in [-0.3, -0.25) is 0 Å². The van der Waals surface area contributed by atoms with E-state index in [-0.39, 0.29) is 11.9 Å². The van der Waals surface area contributed by atoms with Gasteiger partial charge in [0.2, 0.25) is 0 Å². The molecule has 0 spiro atoms. The number of hydrogen-bond acceptors (Lipinski definition) is 4. The van der Waals surface area contributed by atoms with E-state index in [1.54, 1.807) is 6.92 Å². The molecule has 0 aliphatic heterocycles. The maximum atomic E-state index is 11.9. The number of aromatic nitrogens is 3. The molecule has 0 aromatic carbocycles. The Hall–Kier alpha value is -1.39. The zero-order valence-corrected chi connectivity index (χ0v) is 13.9. The molecule has 0 amide bonds. The topological polar surface area (TPSA) is 57.0 Å². The third-order valence-electron chi connectivity index (χ3n) is 3.51. The van der Waals surface area contributed by atoms with Crippen molar-refractivity contribution in [3.05, 3.63) is 11.4 Å². The third-order valence-corrected chi connectivity index (χ3v) is 3.51. The molecule has 5 nitrogen and oxygen atoms in total. The minimum atomic E-state index is -0.365. The van der Waals surface area contributed by atoms with E-state index in [0.717, 1.165) is 18.7 Å². The fraction of sp³-hybridized carbons (Fsp3) is 0.812. The molecule has 0 saturated heterocycles. The van der Waals surface area contributed by atoms with Gasteiger partial charge < -0.3 is 4.74 Å². The molecule has 0 saturated carbocycles. The van der Waals surface area contributed by atoms with Crippen molar-refractivity contribution < 1.29 is 9.53 Å². The number of hydrogen-bond donors (Lipinski definition) is 0. The van der Waals surface area contributed by atoms with Gasteiger partial charge in [0.15, 0.2) is 5.69 Å². The minimum absolute atomic E-state index is 0.208. The molecule has 120 valence electrons. The lowest BCUT2D eigenvalue weighted by Gasteiger charge is -2.10. The highest BCUT2D eigenvalue weighted by atomic mass is 16.5. The molecule has 21 heavy (non-hydrogen) atoms. The van der Waals surface area contributed by atoms with E-state index in [0.29, 0.717) is 12.3 Å². The van der Waals surface area contributed by atoms with Crippen LogP contribution in [0.3, 0.4) is 0 Å². The van der Waals surface area contributed by atoms with Crippen LogP contribution < -0.4 is 0 Å². The van der Waals surface area contributed by atoms with Crippen LogP contribution in [0.1, 0.15) is 88.3 Å². The van der Waals surface area contributed by atoms with Crippen LogP contribution in [0.2, 0.25) is 0 Å². The second kappa shape index (κ2) is 9.53. The summed E-state index contributed by atoms with van der Waals surface area (Å²) in [5.74, 6) is -0.158. The number of aryl methyl sites for hydroxylation is 1. The van der Waals surface area contributed by atoms with E-state index >= 15 is 0 Å². The van der Waals surface area contributed by atoms with Gasteiger partial charge in [-0.2, -0.15) is 0 Å². The van der Waals surface area contributed by atoms with Gasteiger partial charge in [-0.1, -0.05) is 58.1 Å². The van der Waals surface area contributed by atoms with Gasteiger partial charge in [0.25, 0.3) is 0 Å². The Morgan fingerprint density at radius 2 is 1.81 bits per heavy atom. The molecule has 1 aromatic heterocycles. The summed E-state index contributed by atoms with van der Waals surface area (Å²) in [4.78, 5) is 11.9. The van der Waals surface area contributed by atoms with Crippen LogP contribution in [-0.2, 0) is 11.3 Å². The van der Waals surface area contributed by atoms with Crippen molar-refractivity contribution in [1.82, 2.24) is 15.0 Å². The summed E-state index contributed by atoms with van der Waals surface area (Å²) in [5.41, 5.74) is 1.26. The van der Waals surface area contributed by atoms with Gasteiger partial charge in [0, 0.05) is 6.54 Å². The number of rotatable bonds is 10. The first-order chi connectivity index (χ1) is 10.1. The highest BCUT2D eigenvalue weighted by molar-refractivity contribution is 5.88. The quantitative estimate of drug-likeness (QED) is 0.484. The van der Waals surface area contributed by atoms with Crippen molar-refractivity contribution in [1.29, 1.82) is 0 Å². The Labute approximate surface area is 128 Å². The van der Waals surface area contributed by atoms with Crippen LogP contribution in [0.5, 0.6) is 0 Å². The normalized spacial score (nSPS) is 11.1. The molecule has 1 rings (SSSR count). The van der Waals surface area contributed by atoms with Crippen LogP contribution in [0.4, 0.5) is 0 Å². The number of nitrogens with zero attached hydrogens (tertiary/aromatic N) is 3. The Kier molecular flexibility index (Phi) is 8.01. The van der Waals surface area contributed by atoms with Crippen molar-refractivity contribution in [3.8, 4) is 0 Å². The van der Waals surface area contributed by atoms with Crippen LogP contribution >= 0.6 is 0 Å². The lowest BCUT2D eigenvalue weighted by Crippen LogP contribution is -2.12. The molecule has 0 aliphatic carbocycles. The zero-order valence-electron chi connectivity index (χ0n) is 13.9. The van der Waals surface area contributed by atoms with E-state index in [9.17, 15) is 4.79 Å². The first-order valence-electron chi connectivity index (χ1n) is 8.22. The van der Waals surface area contributed by atoms with Crippen LogP contribution in [0, 0.1) is 0 Å². The lowest BCUT2D eigenvalue weighted by molar-refractivity contribution is 0.0517. The van der Waals surface area contributed by atoms with E-state index < -0.39 is 0 Å². The summed E-state index contributed by atoms with van der Waals surface area (Å²) < 4.78 is 6.92. The van der Waals surface area contributed by atoms with Crippen LogP contribution in [-0.4, -0.2) is 27.6 Å².